The summed E-state index contributed by atoms with van der Waals surface area (Å²) in [7, 11) is 0. The second kappa shape index (κ2) is 4.20. The molecule has 1 amide bonds. The summed E-state index contributed by atoms with van der Waals surface area (Å²) in [5, 5.41) is 15.1. The van der Waals surface area contributed by atoms with Crippen molar-refractivity contribution < 1.29 is 14.7 Å². The first-order valence-corrected chi connectivity index (χ1v) is 5.56. The molecule has 0 aliphatic carbocycles. The quantitative estimate of drug-likeness (QED) is 0.809. The van der Waals surface area contributed by atoms with Crippen LogP contribution < -0.4 is 0 Å². The van der Waals surface area contributed by atoms with Gasteiger partial charge in [0.15, 0.2) is 5.69 Å². The van der Waals surface area contributed by atoms with Crippen molar-refractivity contribution in [3.63, 3.8) is 0 Å². The Morgan fingerprint density at radius 2 is 2.18 bits per heavy atom. The first kappa shape index (κ1) is 11.6. The van der Waals surface area contributed by atoms with Gasteiger partial charge in [-0.15, -0.1) is 0 Å². The molecule has 0 saturated carbocycles. The summed E-state index contributed by atoms with van der Waals surface area (Å²) < 4.78 is 0. The van der Waals surface area contributed by atoms with Gasteiger partial charge < -0.3 is 10.0 Å². The zero-order valence-corrected chi connectivity index (χ0v) is 9.80. The van der Waals surface area contributed by atoms with Crippen LogP contribution in [-0.2, 0) is 4.79 Å². The van der Waals surface area contributed by atoms with Crippen molar-refractivity contribution >= 4 is 11.9 Å². The summed E-state index contributed by atoms with van der Waals surface area (Å²) in [6.45, 7) is 5.01. The number of aromatic nitrogens is 2. The number of amides is 1. The molecule has 2 N–H and O–H groups in total. The summed E-state index contributed by atoms with van der Waals surface area (Å²) in [5.41, 5.74) is 0.809. The van der Waals surface area contributed by atoms with Crippen molar-refractivity contribution in [3.05, 3.63) is 17.5 Å². The smallest absolute Gasteiger partial charge is 0.356 e. The summed E-state index contributed by atoms with van der Waals surface area (Å²) in [4.78, 5) is 24.1. The van der Waals surface area contributed by atoms with Crippen LogP contribution in [0, 0.1) is 5.92 Å². The van der Waals surface area contributed by atoms with Crippen LogP contribution in [0.1, 0.15) is 35.9 Å². The molecule has 1 fully saturated rings. The zero-order chi connectivity index (χ0) is 12.6. The van der Waals surface area contributed by atoms with Crippen LogP contribution in [0.3, 0.4) is 0 Å². The fourth-order valence-electron chi connectivity index (χ4n) is 1.88. The number of likely N-dealkylation sites (tertiary alicyclic amines) is 1. The Hall–Kier alpha value is -1.85. The minimum absolute atomic E-state index is 0.00676. The van der Waals surface area contributed by atoms with E-state index >= 15 is 0 Å². The molecule has 1 aromatic heterocycles. The van der Waals surface area contributed by atoms with Crippen molar-refractivity contribution in [2.75, 3.05) is 13.1 Å². The van der Waals surface area contributed by atoms with Crippen LogP contribution in [0.4, 0.5) is 0 Å². The summed E-state index contributed by atoms with van der Waals surface area (Å²) in [6.07, 6.45) is 0. The molecule has 6 nitrogen and oxygen atoms in total. The van der Waals surface area contributed by atoms with E-state index in [1.54, 1.807) is 4.90 Å². The highest BCUT2D eigenvalue weighted by Crippen LogP contribution is 2.27. The van der Waals surface area contributed by atoms with E-state index in [2.05, 4.69) is 10.2 Å². The molecular formula is C11H15N3O3. The highest BCUT2D eigenvalue weighted by atomic mass is 16.4. The topological polar surface area (TPSA) is 86.3 Å². The predicted molar refractivity (Wildman–Crippen MR) is 59.7 cm³/mol. The number of hydrogen-bond acceptors (Lipinski definition) is 3. The number of aromatic carboxylic acids is 1. The Bertz CT molecular complexity index is 447. The number of nitrogens with zero attached hydrogens (tertiary/aromatic N) is 2. The third-order valence-electron chi connectivity index (χ3n) is 2.94. The average molecular weight is 237 g/mol. The number of carboxylic acid groups (broad SMARTS) is 1. The molecule has 1 saturated heterocycles. The first-order valence-electron chi connectivity index (χ1n) is 5.56. The van der Waals surface area contributed by atoms with Crippen LogP contribution >= 0.6 is 0 Å². The van der Waals surface area contributed by atoms with Gasteiger partial charge in [0.25, 0.3) is 0 Å². The molecule has 92 valence electrons. The fourth-order valence-corrected chi connectivity index (χ4v) is 1.88. The SMILES string of the molecule is CC(C)C(=O)N1CC(c2cc(C(=O)O)n[nH]2)C1. The Kier molecular flexibility index (Phi) is 2.87. The molecule has 0 atom stereocenters. The van der Waals surface area contributed by atoms with E-state index in [9.17, 15) is 9.59 Å². The minimum atomic E-state index is -1.04. The molecule has 1 aliphatic heterocycles. The average Bonchev–Trinajstić information content (AvgIpc) is 2.64. The first-order chi connectivity index (χ1) is 7.99. The van der Waals surface area contributed by atoms with E-state index in [1.165, 1.54) is 6.07 Å². The van der Waals surface area contributed by atoms with Crippen LogP contribution in [0.25, 0.3) is 0 Å². The Morgan fingerprint density at radius 3 is 2.65 bits per heavy atom. The van der Waals surface area contributed by atoms with Crippen molar-refractivity contribution in [2.45, 2.75) is 19.8 Å². The van der Waals surface area contributed by atoms with Crippen molar-refractivity contribution in [3.8, 4) is 0 Å². The third-order valence-corrected chi connectivity index (χ3v) is 2.94. The number of carbonyl (C=O) groups is 2. The summed E-state index contributed by atoms with van der Waals surface area (Å²) in [6, 6.07) is 1.53. The van der Waals surface area contributed by atoms with Crippen molar-refractivity contribution in [1.29, 1.82) is 0 Å². The maximum absolute atomic E-state index is 11.6. The van der Waals surface area contributed by atoms with Crippen molar-refractivity contribution in [2.24, 2.45) is 5.92 Å². The highest BCUT2D eigenvalue weighted by Gasteiger charge is 2.34. The van der Waals surface area contributed by atoms with Gasteiger partial charge in [-0.1, -0.05) is 13.8 Å². The molecule has 2 heterocycles. The van der Waals surface area contributed by atoms with E-state index in [1.807, 2.05) is 13.8 Å². The van der Waals surface area contributed by atoms with Gasteiger partial charge in [0, 0.05) is 30.6 Å². The second-order valence-corrected chi connectivity index (χ2v) is 4.61. The molecule has 2 rings (SSSR count). The van der Waals surface area contributed by atoms with Gasteiger partial charge in [0.1, 0.15) is 0 Å². The summed E-state index contributed by atoms with van der Waals surface area (Å²) >= 11 is 0. The van der Waals surface area contributed by atoms with Gasteiger partial charge in [-0.05, 0) is 6.07 Å². The van der Waals surface area contributed by atoms with E-state index in [0.29, 0.717) is 13.1 Å². The molecular weight excluding hydrogens is 222 g/mol. The van der Waals surface area contributed by atoms with Gasteiger partial charge in [-0.25, -0.2) is 4.79 Å². The maximum atomic E-state index is 11.6. The summed E-state index contributed by atoms with van der Waals surface area (Å²) in [5.74, 6) is -0.716. The number of aromatic amines is 1. The predicted octanol–water partition coefficient (Wildman–Crippen LogP) is 0.690. The van der Waals surface area contributed by atoms with Gasteiger partial charge in [0.2, 0.25) is 5.91 Å². The number of H-pyrrole nitrogens is 1. The molecule has 0 radical (unpaired) electrons. The Morgan fingerprint density at radius 1 is 1.53 bits per heavy atom. The lowest BCUT2D eigenvalue weighted by Crippen LogP contribution is -2.50. The van der Waals surface area contributed by atoms with Gasteiger partial charge >= 0.3 is 5.97 Å². The molecule has 0 aromatic carbocycles. The van der Waals surface area contributed by atoms with Crippen LogP contribution in [0.15, 0.2) is 6.07 Å². The standard InChI is InChI=1S/C11H15N3O3/c1-6(2)10(15)14-4-7(5-14)8-3-9(11(16)17)13-12-8/h3,6-7H,4-5H2,1-2H3,(H,12,13)(H,16,17). The lowest BCUT2D eigenvalue weighted by molar-refractivity contribution is -0.139. The molecule has 6 heteroatoms. The van der Waals surface area contributed by atoms with Crippen LogP contribution in [0.2, 0.25) is 0 Å². The number of carboxylic acids is 1. The van der Waals surface area contributed by atoms with E-state index in [0.717, 1.165) is 5.69 Å². The number of rotatable bonds is 3. The lowest BCUT2D eigenvalue weighted by Gasteiger charge is -2.39. The van der Waals surface area contributed by atoms with Crippen molar-refractivity contribution in [1.82, 2.24) is 15.1 Å². The number of carbonyl (C=O) groups excluding carboxylic acids is 1. The molecule has 0 bridgehead atoms. The zero-order valence-electron chi connectivity index (χ0n) is 9.80. The van der Waals surface area contributed by atoms with E-state index in [4.69, 9.17) is 5.11 Å². The Balaban J connectivity index is 1.95. The molecule has 0 spiro atoms. The molecule has 1 aromatic rings. The molecule has 1 aliphatic rings. The van der Waals surface area contributed by atoms with Crippen LogP contribution in [-0.4, -0.2) is 45.2 Å². The second-order valence-electron chi connectivity index (χ2n) is 4.61. The van der Waals surface area contributed by atoms with Crippen LogP contribution in [0.5, 0.6) is 0 Å². The Labute approximate surface area is 98.6 Å². The molecule has 17 heavy (non-hydrogen) atoms. The maximum Gasteiger partial charge on any atom is 0.356 e. The number of hydrogen-bond donors (Lipinski definition) is 2. The fraction of sp³-hybridized carbons (Fsp3) is 0.545. The lowest BCUT2D eigenvalue weighted by atomic mass is 9.94. The highest BCUT2D eigenvalue weighted by molar-refractivity contribution is 5.85. The van der Waals surface area contributed by atoms with E-state index in [-0.39, 0.29) is 23.4 Å². The normalized spacial score (nSPS) is 16.1. The van der Waals surface area contributed by atoms with E-state index < -0.39 is 5.97 Å². The van der Waals surface area contributed by atoms with Gasteiger partial charge in [-0.3, -0.25) is 9.89 Å². The van der Waals surface area contributed by atoms with Gasteiger partial charge in [-0.2, -0.15) is 5.10 Å². The largest absolute Gasteiger partial charge is 0.476 e. The monoisotopic (exact) mass is 237 g/mol. The van der Waals surface area contributed by atoms with Gasteiger partial charge in [0.05, 0.1) is 0 Å². The molecule has 0 unspecified atom stereocenters. The third kappa shape index (κ3) is 2.15. The minimum Gasteiger partial charge on any atom is -0.476 e. The number of nitrogens with one attached hydrogen (secondary N) is 1.